The molecule has 0 amide bonds. The number of hydrogen-bond acceptors (Lipinski definition) is 2. The Kier molecular flexibility index (Phi) is 4.01. The summed E-state index contributed by atoms with van der Waals surface area (Å²) in [6.45, 7) is 5.58. The highest BCUT2D eigenvalue weighted by atomic mass is 19.4. The maximum absolute atomic E-state index is 12.5. The SMILES string of the molecule is CC.Cc1cc(C(F)(F)F)nc(C2CC2)c1N. The fourth-order valence-electron chi connectivity index (χ4n) is 1.52. The standard InChI is InChI=1S/C10H11F3N2.C2H6/c1-5-4-7(10(11,12)13)15-9(8(5)14)6-2-3-6;1-2/h4,6H,2-3,14H2,1H3;1-2H3. The monoisotopic (exact) mass is 246 g/mol. The lowest BCUT2D eigenvalue weighted by Crippen LogP contribution is -2.12. The van der Waals surface area contributed by atoms with Crippen molar-refractivity contribution in [2.75, 3.05) is 5.73 Å². The van der Waals surface area contributed by atoms with Crippen molar-refractivity contribution >= 4 is 5.69 Å². The maximum Gasteiger partial charge on any atom is 0.433 e. The Hall–Kier alpha value is -1.26. The molecular formula is C12H17F3N2. The van der Waals surface area contributed by atoms with E-state index in [4.69, 9.17) is 5.73 Å². The zero-order chi connectivity index (χ0) is 13.2. The van der Waals surface area contributed by atoms with Crippen molar-refractivity contribution in [3.05, 3.63) is 23.0 Å². The van der Waals surface area contributed by atoms with Gasteiger partial charge >= 0.3 is 6.18 Å². The Balaban J connectivity index is 0.000000686. The molecule has 0 aliphatic heterocycles. The number of rotatable bonds is 1. The topological polar surface area (TPSA) is 38.9 Å². The van der Waals surface area contributed by atoms with Crippen molar-refractivity contribution in [1.29, 1.82) is 0 Å². The Labute approximate surface area is 99.0 Å². The minimum absolute atomic E-state index is 0.131. The molecule has 0 atom stereocenters. The van der Waals surface area contributed by atoms with Gasteiger partial charge in [-0.25, -0.2) is 4.98 Å². The molecule has 0 unspecified atom stereocenters. The van der Waals surface area contributed by atoms with E-state index in [2.05, 4.69) is 4.98 Å². The van der Waals surface area contributed by atoms with E-state index in [0.29, 0.717) is 16.9 Å². The molecule has 1 heterocycles. The van der Waals surface area contributed by atoms with Gasteiger partial charge in [0.05, 0.1) is 11.4 Å². The first kappa shape index (κ1) is 13.8. The minimum Gasteiger partial charge on any atom is -0.397 e. The molecule has 0 radical (unpaired) electrons. The molecule has 1 aliphatic rings. The van der Waals surface area contributed by atoms with Gasteiger partial charge in [-0.1, -0.05) is 13.8 Å². The van der Waals surface area contributed by atoms with Gasteiger partial charge in [-0.15, -0.1) is 0 Å². The van der Waals surface area contributed by atoms with Crippen molar-refractivity contribution in [3.63, 3.8) is 0 Å². The van der Waals surface area contributed by atoms with Crippen LogP contribution in [0.1, 0.15) is 49.6 Å². The molecule has 1 fully saturated rings. The number of nitrogens with zero attached hydrogens (tertiary/aromatic N) is 1. The van der Waals surface area contributed by atoms with Gasteiger partial charge in [0, 0.05) is 5.92 Å². The van der Waals surface area contributed by atoms with Crippen molar-refractivity contribution in [3.8, 4) is 0 Å². The smallest absolute Gasteiger partial charge is 0.397 e. The Morgan fingerprint density at radius 1 is 1.29 bits per heavy atom. The van der Waals surface area contributed by atoms with Gasteiger partial charge in [0.15, 0.2) is 0 Å². The van der Waals surface area contributed by atoms with Crippen molar-refractivity contribution in [1.82, 2.24) is 4.98 Å². The minimum atomic E-state index is -4.39. The first-order chi connectivity index (χ1) is 7.89. The van der Waals surface area contributed by atoms with E-state index in [0.717, 1.165) is 18.9 Å². The average Bonchev–Trinajstić information content (AvgIpc) is 3.07. The number of halogens is 3. The number of nitrogens with two attached hydrogens (primary N) is 1. The molecule has 2 nitrogen and oxygen atoms in total. The molecule has 96 valence electrons. The summed E-state index contributed by atoms with van der Waals surface area (Å²) in [7, 11) is 0. The van der Waals surface area contributed by atoms with Crippen LogP contribution >= 0.6 is 0 Å². The lowest BCUT2D eigenvalue weighted by Gasteiger charge is -2.12. The predicted octanol–water partition coefficient (Wildman–Crippen LogP) is 3.89. The summed E-state index contributed by atoms with van der Waals surface area (Å²) < 4.78 is 37.4. The molecule has 0 bridgehead atoms. The molecule has 17 heavy (non-hydrogen) atoms. The lowest BCUT2D eigenvalue weighted by atomic mass is 10.1. The van der Waals surface area contributed by atoms with Gasteiger partial charge in [-0.05, 0) is 31.4 Å². The Bertz CT molecular complexity index is 395. The predicted molar refractivity (Wildman–Crippen MR) is 61.7 cm³/mol. The zero-order valence-electron chi connectivity index (χ0n) is 10.2. The fraction of sp³-hybridized carbons (Fsp3) is 0.583. The van der Waals surface area contributed by atoms with Crippen LogP contribution in [0.25, 0.3) is 0 Å². The van der Waals surface area contributed by atoms with Crippen LogP contribution in [0.2, 0.25) is 0 Å². The van der Waals surface area contributed by atoms with Gasteiger partial charge < -0.3 is 5.73 Å². The van der Waals surface area contributed by atoms with E-state index in [1.165, 1.54) is 0 Å². The highest BCUT2D eigenvalue weighted by molar-refractivity contribution is 5.53. The lowest BCUT2D eigenvalue weighted by molar-refractivity contribution is -0.141. The first-order valence-electron chi connectivity index (χ1n) is 5.74. The summed E-state index contributed by atoms with van der Waals surface area (Å²) in [5, 5.41) is 0. The molecule has 0 saturated heterocycles. The second kappa shape index (κ2) is 4.94. The summed E-state index contributed by atoms with van der Waals surface area (Å²) in [6.07, 6.45) is -2.61. The van der Waals surface area contributed by atoms with Gasteiger partial charge in [0.2, 0.25) is 0 Å². The van der Waals surface area contributed by atoms with E-state index < -0.39 is 11.9 Å². The van der Waals surface area contributed by atoms with E-state index >= 15 is 0 Å². The number of anilines is 1. The summed E-state index contributed by atoms with van der Waals surface area (Å²) in [5.74, 6) is 0.131. The molecule has 1 aromatic heterocycles. The normalized spacial score (nSPS) is 15.2. The molecule has 5 heteroatoms. The molecule has 2 N–H and O–H groups in total. The molecule has 1 saturated carbocycles. The van der Waals surface area contributed by atoms with Gasteiger partial charge in [0.1, 0.15) is 5.69 Å². The average molecular weight is 246 g/mol. The van der Waals surface area contributed by atoms with Crippen LogP contribution < -0.4 is 5.73 Å². The van der Waals surface area contributed by atoms with E-state index in [1.807, 2.05) is 13.8 Å². The van der Waals surface area contributed by atoms with E-state index in [9.17, 15) is 13.2 Å². The number of aryl methyl sites for hydroxylation is 1. The molecule has 2 rings (SSSR count). The third-order valence-electron chi connectivity index (χ3n) is 2.55. The number of nitrogen functional groups attached to an aromatic ring is 1. The van der Waals surface area contributed by atoms with Crippen molar-refractivity contribution in [2.24, 2.45) is 0 Å². The largest absolute Gasteiger partial charge is 0.433 e. The number of aromatic nitrogens is 1. The van der Waals surface area contributed by atoms with Crippen LogP contribution in [0.5, 0.6) is 0 Å². The van der Waals surface area contributed by atoms with Crippen molar-refractivity contribution in [2.45, 2.75) is 45.7 Å². The van der Waals surface area contributed by atoms with Crippen molar-refractivity contribution < 1.29 is 13.2 Å². The van der Waals surface area contributed by atoms with Crippen LogP contribution in [-0.2, 0) is 6.18 Å². The van der Waals surface area contributed by atoms with Crippen LogP contribution in [0.3, 0.4) is 0 Å². The van der Waals surface area contributed by atoms with Crippen LogP contribution in [-0.4, -0.2) is 4.98 Å². The third kappa shape index (κ3) is 3.11. The molecule has 0 spiro atoms. The van der Waals surface area contributed by atoms with Gasteiger partial charge in [-0.3, -0.25) is 0 Å². The summed E-state index contributed by atoms with van der Waals surface area (Å²) in [4.78, 5) is 3.62. The summed E-state index contributed by atoms with van der Waals surface area (Å²) >= 11 is 0. The summed E-state index contributed by atoms with van der Waals surface area (Å²) in [5.41, 5.74) is 6.15. The zero-order valence-corrected chi connectivity index (χ0v) is 10.2. The van der Waals surface area contributed by atoms with Gasteiger partial charge in [-0.2, -0.15) is 13.2 Å². The van der Waals surface area contributed by atoms with Crippen LogP contribution in [0, 0.1) is 6.92 Å². The molecule has 0 aromatic carbocycles. The fourth-order valence-corrected chi connectivity index (χ4v) is 1.52. The van der Waals surface area contributed by atoms with Gasteiger partial charge in [0.25, 0.3) is 0 Å². The summed E-state index contributed by atoms with van der Waals surface area (Å²) in [6, 6.07) is 1.00. The number of pyridine rings is 1. The quantitative estimate of drug-likeness (QED) is 0.816. The second-order valence-electron chi connectivity index (χ2n) is 3.90. The maximum atomic E-state index is 12.5. The Morgan fingerprint density at radius 3 is 2.24 bits per heavy atom. The first-order valence-corrected chi connectivity index (χ1v) is 5.74. The van der Waals surface area contributed by atoms with Crippen LogP contribution in [0.4, 0.5) is 18.9 Å². The van der Waals surface area contributed by atoms with E-state index in [1.54, 1.807) is 6.92 Å². The number of hydrogen-bond donors (Lipinski definition) is 1. The molecular weight excluding hydrogens is 229 g/mol. The number of alkyl halides is 3. The molecule has 1 aromatic rings. The third-order valence-corrected chi connectivity index (χ3v) is 2.55. The molecule has 1 aliphatic carbocycles. The van der Waals surface area contributed by atoms with Crippen LogP contribution in [0.15, 0.2) is 6.07 Å². The Morgan fingerprint density at radius 2 is 1.82 bits per heavy atom. The highest BCUT2D eigenvalue weighted by Crippen LogP contribution is 2.43. The highest BCUT2D eigenvalue weighted by Gasteiger charge is 2.36. The second-order valence-corrected chi connectivity index (χ2v) is 3.90. The van der Waals surface area contributed by atoms with E-state index in [-0.39, 0.29) is 5.92 Å².